The standard InChI is InChI=1S/C13H17N3O3/c1-4-5-6-16-10-9(7-8(2)14-11(10)17)12(18)15(3)13(16)19/h2,4-7H2,1,3H3,(H,14,17). The van der Waals surface area contributed by atoms with E-state index in [-0.39, 0.29) is 12.1 Å². The van der Waals surface area contributed by atoms with Crippen molar-refractivity contribution in [2.75, 3.05) is 0 Å². The first kappa shape index (κ1) is 13.3. The number of hydrogen-bond acceptors (Lipinski definition) is 3. The minimum absolute atomic E-state index is 0.189. The Kier molecular flexibility index (Phi) is 3.42. The molecule has 2 rings (SSSR count). The van der Waals surface area contributed by atoms with Gasteiger partial charge in [0.1, 0.15) is 5.69 Å². The van der Waals surface area contributed by atoms with Gasteiger partial charge in [0.2, 0.25) is 0 Å². The molecule has 19 heavy (non-hydrogen) atoms. The Bertz CT molecular complexity index is 667. The molecule has 1 aliphatic heterocycles. The van der Waals surface area contributed by atoms with Crippen LogP contribution in [0, 0.1) is 0 Å². The molecular formula is C13H17N3O3. The highest BCUT2D eigenvalue weighted by molar-refractivity contribution is 5.96. The highest BCUT2D eigenvalue weighted by atomic mass is 16.2. The molecule has 1 aliphatic rings. The van der Waals surface area contributed by atoms with Crippen molar-refractivity contribution in [1.29, 1.82) is 0 Å². The topological polar surface area (TPSA) is 73.1 Å². The van der Waals surface area contributed by atoms with Crippen LogP contribution in [0.2, 0.25) is 0 Å². The van der Waals surface area contributed by atoms with Crippen molar-refractivity contribution in [3.8, 4) is 0 Å². The lowest BCUT2D eigenvalue weighted by atomic mass is 10.0. The number of fused-ring (bicyclic) bond motifs is 1. The monoisotopic (exact) mass is 263 g/mol. The Labute approximate surface area is 110 Å². The van der Waals surface area contributed by atoms with E-state index < -0.39 is 17.2 Å². The van der Waals surface area contributed by atoms with Gasteiger partial charge in [-0.15, -0.1) is 0 Å². The fraction of sp³-hybridized carbons (Fsp3) is 0.462. The molecule has 0 bridgehead atoms. The second-order valence-electron chi connectivity index (χ2n) is 4.71. The van der Waals surface area contributed by atoms with Crippen LogP contribution in [-0.4, -0.2) is 15.0 Å². The Balaban J connectivity index is 2.74. The van der Waals surface area contributed by atoms with Gasteiger partial charge in [0.15, 0.2) is 0 Å². The van der Waals surface area contributed by atoms with Gasteiger partial charge in [-0.25, -0.2) is 4.79 Å². The number of rotatable bonds is 3. The third-order valence-corrected chi connectivity index (χ3v) is 3.27. The molecule has 1 amide bonds. The van der Waals surface area contributed by atoms with Gasteiger partial charge in [-0.1, -0.05) is 19.9 Å². The molecule has 0 saturated carbocycles. The second-order valence-corrected chi connectivity index (χ2v) is 4.71. The summed E-state index contributed by atoms with van der Waals surface area (Å²) in [7, 11) is 1.43. The molecule has 1 N–H and O–H groups in total. The SMILES string of the molecule is C=C1Cc2c(n(CCCC)c(=O)n(C)c2=O)C(=O)N1. The molecule has 0 spiro atoms. The van der Waals surface area contributed by atoms with Crippen molar-refractivity contribution in [3.05, 3.63) is 44.4 Å². The van der Waals surface area contributed by atoms with Crippen molar-refractivity contribution < 1.29 is 4.79 Å². The van der Waals surface area contributed by atoms with Gasteiger partial charge in [0, 0.05) is 25.7 Å². The van der Waals surface area contributed by atoms with Gasteiger partial charge in [0.05, 0.1) is 5.56 Å². The zero-order valence-electron chi connectivity index (χ0n) is 11.2. The van der Waals surface area contributed by atoms with E-state index in [1.165, 1.54) is 11.6 Å². The van der Waals surface area contributed by atoms with Gasteiger partial charge < -0.3 is 5.32 Å². The summed E-state index contributed by atoms with van der Waals surface area (Å²) in [6.07, 6.45) is 1.96. The van der Waals surface area contributed by atoms with Crippen molar-refractivity contribution in [2.24, 2.45) is 7.05 Å². The predicted octanol–water partition coefficient (Wildman–Crippen LogP) is 0.147. The third-order valence-electron chi connectivity index (χ3n) is 3.27. The Hall–Kier alpha value is -2.11. The Morgan fingerprint density at radius 2 is 2.00 bits per heavy atom. The molecule has 0 aliphatic carbocycles. The summed E-state index contributed by atoms with van der Waals surface area (Å²) in [5, 5.41) is 2.58. The summed E-state index contributed by atoms with van der Waals surface area (Å²) in [5.74, 6) is -0.419. The van der Waals surface area contributed by atoms with E-state index in [4.69, 9.17) is 0 Å². The van der Waals surface area contributed by atoms with Crippen LogP contribution >= 0.6 is 0 Å². The maximum Gasteiger partial charge on any atom is 0.331 e. The number of amides is 1. The average molecular weight is 263 g/mol. The van der Waals surface area contributed by atoms with Crippen molar-refractivity contribution in [3.63, 3.8) is 0 Å². The Morgan fingerprint density at radius 3 is 2.63 bits per heavy atom. The summed E-state index contributed by atoms with van der Waals surface area (Å²) >= 11 is 0. The molecule has 0 unspecified atom stereocenters. The van der Waals surface area contributed by atoms with E-state index in [0.717, 1.165) is 17.4 Å². The van der Waals surface area contributed by atoms with Crippen LogP contribution in [0.5, 0.6) is 0 Å². The second kappa shape index (κ2) is 4.87. The summed E-state index contributed by atoms with van der Waals surface area (Å²) in [4.78, 5) is 36.2. The van der Waals surface area contributed by atoms with E-state index in [0.29, 0.717) is 17.8 Å². The van der Waals surface area contributed by atoms with Gasteiger partial charge in [-0.05, 0) is 6.42 Å². The minimum Gasteiger partial charge on any atom is -0.325 e. The highest BCUT2D eigenvalue weighted by Crippen LogP contribution is 2.13. The van der Waals surface area contributed by atoms with Gasteiger partial charge in [-0.3, -0.25) is 18.7 Å². The maximum atomic E-state index is 12.1. The zero-order valence-corrected chi connectivity index (χ0v) is 11.2. The smallest absolute Gasteiger partial charge is 0.325 e. The molecule has 2 heterocycles. The molecule has 102 valence electrons. The van der Waals surface area contributed by atoms with E-state index in [1.807, 2.05) is 6.92 Å². The lowest BCUT2D eigenvalue weighted by Gasteiger charge is -2.22. The first-order valence-electron chi connectivity index (χ1n) is 6.29. The molecule has 0 atom stereocenters. The summed E-state index contributed by atoms with van der Waals surface area (Å²) in [6.45, 7) is 6.12. The van der Waals surface area contributed by atoms with Crippen LogP contribution in [0.25, 0.3) is 0 Å². The summed E-state index contributed by atoms with van der Waals surface area (Å²) < 4.78 is 2.45. The van der Waals surface area contributed by atoms with E-state index in [1.54, 1.807) is 0 Å². The van der Waals surface area contributed by atoms with E-state index in [2.05, 4.69) is 11.9 Å². The molecular weight excluding hydrogens is 246 g/mol. The van der Waals surface area contributed by atoms with Crippen LogP contribution in [0.3, 0.4) is 0 Å². The van der Waals surface area contributed by atoms with Crippen LogP contribution in [0.15, 0.2) is 21.9 Å². The first-order chi connectivity index (χ1) is 8.97. The van der Waals surface area contributed by atoms with Crippen molar-refractivity contribution in [1.82, 2.24) is 14.5 Å². The van der Waals surface area contributed by atoms with Crippen LogP contribution < -0.4 is 16.6 Å². The van der Waals surface area contributed by atoms with Crippen LogP contribution in [0.1, 0.15) is 35.8 Å². The van der Waals surface area contributed by atoms with Crippen LogP contribution in [-0.2, 0) is 20.0 Å². The van der Waals surface area contributed by atoms with Gasteiger partial charge >= 0.3 is 5.69 Å². The molecule has 1 aromatic rings. The number of aromatic nitrogens is 2. The number of carbonyl (C=O) groups excluding carboxylic acids is 1. The average Bonchev–Trinajstić information content (AvgIpc) is 2.36. The molecule has 0 aromatic carbocycles. The third kappa shape index (κ3) is 2.14. The lowest BCUT2D eigenvalue weighted by molar-refractivity contribution is 0.0946. The minimum atomic E-state index is -0.445. The van der Waals surface area contributed by atoms with Gasteiger partial charge in [-0.2, -0.15) is 0 Å². The van der Waals surface area contributed by atoms with Crippen molar-refractivity contribution >= 4 is 5.91 Å². The lowest BCUT2D eigenvalue weighted by Crippen LogP contribution is -2.47. The largest absolute Gasteiger partial charge is 0.331 e. The quantitative estimate of drug-likeness (QED) is 0.843. The summed E-state index contributed by atoms with van der Waals surface area (Å²) in [6, 6.07) is 0. The van der Waals surface area contributed by atoms with Gasteiger partial charge in [0.25, 0.3) is 11.5 Å². The molecule has 1 aromatic heterocycles. The fourth-order valence-corrected chi connectivity index (χ4v) is 2.25. The number of allylic oxidation sites excluding steroid dienone is 1. The highest BCUT2D eigenvalue weighted by Gasteiger charge is 2.27. The number of hydrogen-bond donors (Lipinski definition) is 1. The van der Waals surface area contributed by atoms with E-state index in [9.17, 15) is 14.4 Å². The number of nitrogens with one attached hydrogen (secondary N) is 1. The Morgan fingerprint density at radius 1 is 1.32 bits per heavy atom. The number of unbranched alkanes of at least 4 members (excludes halogenated alkanes) is 1. The molecule has 0 saturated heterocycles. The number of nitrogens with zero attached hydrogens (tertiary/aromatic N) is 2. The number of carbonyl (C=O) groups is 1. The normalized spacial score (nSPS) is 14.2. The van der Waals surface area contributed by atoms with Crippen LogP contribution in [0.4, 0.5) is 0 Å². The predicted molar refractivity (Wildman–Crippen MR) is 71.2 cm³/mol. The first-order valence-corrected chi connectivity index (χ1v) is 6.29. The molecule has 6 nitrogen and oxygen atoms in total. The zero-order chi connectivity index (χ0) is 14.2. The summed E-state index contributed by atoms with van der Waals surface area (Å²) in [5.41, 5.74) is 0.166. The fourth-order valence-electron chi connectivity index (χ4n) is 2.25. The molecule has 0 fully saturated rings. The van der Waals surface area contributed by atoms with Crippen molar-refractivity contribution in [2.45, 2.75) is 32.7 Å². The maximum absolute atomic E-state index is 12.1. The van der Waals surface area contributed by atoms with E-state index >= 15 is 0 Å². The molecule has 6 heteroatoms. The molecule has 0 radical (unpaired) electrons.